The predicted octanol–water partition coefficient (Wildman–Crippen LogP) is 6.49. The summed E-state index contributed by atoms with van der Waals surface area (Å²) in [4.78, 5) is 32.4. The number of rotatable bonds is 7. The highest BCUT2D eigenvalue weighted by Crippen LogP contribution is 2.37. The van der Waals surface area contributed by atoms with Gasteiger partial charge in [0.25, 0.3) is 0 Å². The second-order valence-electron chi connectivity index (χ2n) is 8.36. The molecule has 2 N–H and O–H groups in total. The Kier molecular flexibility index (Phi) is 7.07. The van der Waals surface area contributed by atoms with Crippen LogP contribution in [0.4, 0.5) is 24.1 Å². The maximum absolute atomic E-state index is 13.5. The molecule has 0 aliphatic heterocycles. The number of carbonyl (C=O) groups excluding carboxylic acids is 1. The quantitative estimate of drug-likeness (QED) is 0.236. The molecular formula is C26H20F3N7O2S. The van der Waals surface area contributed by atoms with Crippen LogP contribution in [-0.2, 0) is 11.0 Å². The second kappa shape index (κ2) is 10.6. The van der Waals surface area contributed by atoms with Crippen LogP contribution < -0.4 is 15.4 Å². The molecule has 5 aromatic rings. The van der Waals surface area contributed by atoms with Crippen molar-refractivity contribution in [2.24, 2.45) is 0 Å². The van der Waals surface area contributed by atoms with Gasteiger partial charge in [-0.05, 0) is 43.3 Å². The normalized spacial score (nSPS) is 12.2. The SMILES string of the molecule is CC(=O)Nc1nc2c(Oc3cc(-c4ccc(C(F)(F)F)nc4NC(C)c4ccccn4)ncn3)cccc2s1. The molecule has 1 amide bonds. The molecule has 198 valence electrons. The van der Waals surface area contributed by atoms with Crippen molar-refractivity contribution in [3.8, 4) is 22.9 Å². The molecule has 0 aliphatic rings. The summed E-state index contributed by atoms with van der Waals surface area (Å²) in [5, 5.41) is 6.11. The van der Waals surface area contributed by atoms with E-state index in [9.17, 15) is 18.0 Å². The number of halogens is 3. The minimum Gasteiger partial charge on any atom is -0.437 e. The van der Waals surface area contributed by atoms with E-state index in [-0.39, 0.29) is 17.6 Å². The number of nitrogens with one attached hydrogen (secondary N) is 2. The third-order valence-electron chi connectivity index (χ3n) is 5.47. The first-order chi connectivity index (χ1) is 18.7. The molecule has 1 atom stereocenters. The van der Waals surface area contributed by atoms with E-state index >= 15 is 0 Å². The van der Waals surface area contributed by atoms with E-state index in [2.05, 4.69) is 35.6 Å². The van der Waals surface area contributed by atoms with Crippen LogP contribution in [0.2, 0.25) is 0 Å². The summed E-state index contributed by atoms with van der Waals surface area (Å²) in [5.74, 6) is 0.265. The van der Waals surface area contributed by atoms with Gasteiger partial charge < -0.3 is 15.4 Å². The maximum Gasteiger partial charge on any atom is 0.433 e. The molecule has 0 radical (unpaired) electrons. The molecule has 1 unspecified atom stereocenters. The highest BCUT2D eigenvalue weighted by molar-refractivity contribution is 7.22. The van der Waals surface area contributed by atoms with E-state index in [1.807, 2.05) is 6.07 Å². The average Bonchev–Trinajstić information content (AvgIpc) is 3.31. The molecule has 13 heteroatoms. The van der Waals surface area contributed by atoms with Gasteiger partial charge in [0.15, 0.2) is 10.9 Å². The number of carbonyl (C=O) groups is 1. The first kappa shape index (κ1) is 26.0. The summed E-state index contributed by atoms with van der Waals surface area (Å²) in [5.41, 5.74) is 0.718. The van der Waals surface area contributed by atoms with E-state index in [0.29, 0.717) is 33.3 Å². The number of alkyl halides is 3. The Morgan fingerprint density at radius 3 is 2.62 bits per heavy atom. The van der Waals surface area contributed by atoms with Crippen molar-refractivity contribution >= 4 is 38.4 Å². The van der Waals surface area contributed by atoms with Gasteiger partial charge in [0.05, 0.1) is 22.1 Å². The van der Waals surface area contributed by atoms with Gasteiger partial charge in [0.2, 0.25) is 11.8 Å². The number of amides is 1. The fraction of sp³-hybridized carbons (Fsp3) is 0.154. The van der Waals surface area contributed by atoms with Crippen LogP contribution in [0.15, 0.2) is 67.1 Å². The molecule has 4 aromatic heterocycles. The van der Waals surface area contributed by atoms with Crippen molar-refractivity contribution in [1.82, 2.24) is 24.9 Å². The molecule has 0 saturated heterocycles. The zero-order chi connectivity index (χ0) is 27.6. The molecule has 9 nitrogen and oxygen atoms in total. The zero-order valence-corrected chi connectivity index (χ0v) is 21.3. The highest BCUT2D eigenvalue weighted by atomic mass is 32.1. The highest BCUT2D eigenvalue weighted by Gasteiger charge is 2.33. The Labute approximate surface area is 224 Å². The number of fused-ring (bicyclic) bond motifs is 1. The number of thiazole rings is 1. The standard InChI is InChI=1S/C26H20F3N7O2S/c1-14(17-6-3-4-11-30-17)33-24-16(9-10-21(35-24)26(27,28)29)18-12-22(32-13-31-18)38-19-7-5-8-20-23(19)36-25(39-20)34-15(2)37/h3-14H,1-2H3,(H,33,35)(H,34,36,37). The van der Waals surface area contributed by atoms with Crippen molar-refractivity contribution in [3.63, 3.8) is 0 Å². The van der Waals surface area contributed by atoms with Gasteiger partial charge in [-0.2, -0.15) is 13.2 Å². The molecule has 0 aliphatic carbocycles. The Balaban J connectivity index is 1.49. The zero-order valence-electron chi connectivity index (χ0n) is 20.5. The number of pyridine rings is 2. The topological polar surface area (TPSA) is 115 Å². The summed E-state index contributed by atoms with van der Waals surface area (Å²) in [6, 6.07) is 13.9. The van der Waals surface area contributed by atoms with E-state index in [1.165, 1.54) is 36.7 Å². The van der Waals surface area contributed by atoms with Crippen molar-refractivity contribution in [1.29, 1.82) is 0 Å². The van der Waals surface area contributed by atoms with Crippen molar-refractivity contribution < 1.29 is 22.7 Å². The minimum atomic E-state index is -4.63. The Morgan fingerprint density at radius 2 is 1.87 bits per heavy atom. The lowest BCUT2D eigenvalue weighted by atomic mass is 10.1. The molecule has 4 heterocycles. The molecule has 0 saturated carbocycles. The van der Waals surface area contributed by atoms with E-state index in [4.69, 9.17) is 4.74 Å². The molecule has 0 spiro atoms. The summed E-state index contributed by atoms with van der Waals surface area (Å²) in [6.07, 6.45) is -1.78. The number of anilines is 2. The van der Waals surface area contributed by atoms with Crippen LogP contribution in [0.5, 0.6) is 11.6 Å². The third kappa shape index (κ3) is 5.93. The van der Waals surface area contributed by atoms with Gasteiger partial charge in [-0.25, -0.2) is 19.9 Å². The van der Waals surface area contributed by atoms with Gasteiger partial charge >= 0.3 is 6.18 Å². The van der Waals surface area contributed by atoms with E-state index < -0.39 is 17.9 Å². The van der Waals surface area contributed by atoms with Crippen molar-refractivity contribution in [2.75, 3.05) is 10.6 Å². The number of ether oxygens (including phenoxy) is 1. The Bertz CT molecular complexity index is 1640. The molecule has 1 aromatic carbocycles. The van der Waals surface area contributed by atoms with Gasteiger partial charge in [-0.1, -0.05) is 23.5 Å². The van der Waals surface area contributed by atoms with E-state index in [0.717, 1.165) is 10.8 Å². The summed E-state index contributed by atoms with van der Waals surface area (Å²) in [7, 11) is 0. The largest absolute Gasteiger partial charge is 0.437 e. The summed E-state index contributed by atoms with van der Waals surface area (Å²) < 4.78 is 47.2. The third-order valence-corrected chi connectivity index (χ3v) is 6.40. The van der Waals surface area contributed by atoms with Crippen LogP contribution in [0.3, 0.4) is 0 Å². The summed E-state index contributed by atoms with van der Waals surface area (Å²) >= 11 is 1.29. The molecule has 0 fully saturated rings. The molecule has 39 heavy (non-hydrogen) atoms. The fourth-order valence-electron chi connectivity index (χ4n) is 3.71. The fourth-order valence-corrected chi connectivity index (χ4v) is 4.64. The molecular weight excluding hydrogens is 531 g/mol. The van der Waals surface area contributed by atoms with Gasteiger partial charge in [0.1, 0.15) is 23.4 Å². The average molecular weight is 552 g/mol. The lowest BCUT2D eigenvalue weighted by Gasteiger charge is -2.18. The maximum atomic E-state index is 13.5. The number of hydrogen-bond donors (Lipinski definition) is 2. The van der Waals surface area contributed by atoms with Crippen molar-refractivity contribution in [2.45, 2.75) is 26.1 Å². The van der Waals surface area contributed by atoms with Crippen LogP contribution >= 0.6 is 11.3 Å². The first-order valence-electron chi connectivity index (χ1n) is 11.6. The summed E-state index contributed by atoms with van der Waals surface area (Å²) in [6.45, 7) is 3.16. The lowest BCUT2D eigenvalue weighted by Crippen LogP contribution is -2.14. The smallest absolute Gasteiger partial charge is 0.433 e. The van der Waals surface area contributed by atoms with Crippen molar-refractivity contribution in [3.05, 3.63) is 78.5 Å². The van der Waals surface area contributed by atoms with Crippen LogP contribution in [0.25, 0.3) is 21.5 Å². The van der Waals surface area contributed by atoms with Crippen LogP contribution in [-0.4, -0.2) is 30.8 Å². The lowest BCUT2D eigenvalue weighted by molar-refractivity contribution is -0.141. The second-order valence-corrected chi connectivity index (χ2v) is 9.39. The van der Waals surface area contributed by atoms with Gasteiger partial charge in [0, 0.05) is 24.8 Å². The monoisotopic (exact) mass is 551 g/mol. The minimum absolute atomic E-state index is 0.0193. The number of para-hydroxylation sites is 1. The Hall–Kier alpha value is -4.65. The first-order valence-corrected chi connectivity index (χ1v) is 12.4. The van der Waals surface area contributed by atoms with E-state index in [1.54, 1.807) is 43.5 Å². The predicted molar refractivity (Wildman–Crippen MR) is 141 cm³/mol. The Morgan fingerprint density at radius 1 is 1.03 bits per heavy atom. The van der Waals surface area contributed by atoms with Gasteiger partial charge in [-0.3, -0.25) is 9.78 Å². The molecule has 5 rings (SSSR count). The van der Waals surface area contributed by atoms with Crippen LogP contribution in [0, 0.1) is 0 Å². The number of aromatic nitrogens is 5. The number of nitrogens with zero attached hydrogens (tertiary/aromatic N) is 5. The number of hydrogen-bond acceptors (Lipinski definition) is 9. The van der Waals surface area contributed by atoms with Crippen LogP contribution in [0.1, 0.15) is 31.3 Å². The molecule has 0 bridgehead atoms. The van der Waals surface area contributed by atoms with Gasteiger partial charge in [-0.15, -0.1) is 0 Å². The number of benzene rings is 1.